The van der Waals surface area contributed by atoms with Crippen LogP contribution in [0, 0.1) is 45.3 Å². The van der Waals surface area contributed by atoms with E-state index in [4.69, 9.17) is 31.0 Å². The maximum atomic E-state index is 8.94. The highest BCUT2D eigenvalue weighted by molar-refractivity contribution is 7.29. The maximum absolute atomic E-state index is 8.94. The first-order valence-electron chi connectivity index (χ1n) is 9.89. The van der Waals surface area contributed by atoms with E-state index in [0.29, 0.717) is 10.0 Å². The van der Waals surface area contributed by atoms with Crippen molar-refractivity contribution >= 4 is 66.8 Å². The van der Waals surface area contributed by atoms with E-state index in [9.17, 15) is 0 Å². The predicted molar refractivity (Wildman–Crippen MR) is 139 cm³/mol. The molecule has 0 aliphatic heterocycles. The second-order valence-corrected chi connectivity index (χ2v) is 11.8. The van der Waals surface area contributed by atoms with Crippen LogP contribution in [0.1, 0.15) is 25.2 Å². The molecule has 4 heterocycles. The Morgan fingerprint density at radius 3 is 1.46 bits per heavy atom. The molecule has 8 nitrogen and oxygen atoms in total. The van der Waals surface area contributed by atoms with Gasteiger partial charge in [-0.25, -0.2) is 20.0 Å². The first kappa shape index (κ1) is 22.7. The predicted octanol–water partition coefficient (Wildman–Crippen LogP) is 6.60. The molecule has 5 rings (SSSR count). The lowest BCUT2D eigenvalue weighted by molar-refractivity contribution is 0.622. The molecule has 4 aromatic heterocycles. The van der Waals surface area contributed by atoms with E-state index in [0.717, 1.165) is 40.9 Å². The van der Waals surface area contributed by atoms with Gasteiger partial charge in [0.15, 0.2) is 0 Å². The molecule has 4 aromatic rings. The van der Waals surface area contributed by atoms with Gasteiger partial charge in [0.1, 0.15) is 44.3 Å². The number of nitriles is 4. The SMILES string of the molecule is CC1(C)c2nc(-c3ccc(N=C(C#N)C#N)s3)sc2-c2sc(-c3ccc(N=C(C#N)C#N)s3)nc21. The summed E-state index contributed by atoms with van der Waals surface area (Å²) in [6, 6.07) is 14.5. The topological polar surface area (TPSA) is 146 Å². The summed E-state index contributed by atoms with van der Waals surface area (Å²) in [7, 11) is 0. The summed E-state index contributed by atoms with van der Waals surface area (Å²) in [5, 5.41) is 38.7. The number of thiazole rings is 2. The van der Waals surface area contributed by atoms with Gasteiger partial charge in [-0.15, -0.1) is 45.3 Å². The molecule has 0 amide bonds. The monoisotopic (exact) mass is 526 g/mol. The van der Waals surface area contributed by atoms with Crippen LogP contribution in [-0.2, 0) is 5.41 Å². The molecule has 0 unspecified atom stereocenters. The van der Waals surface area contributed by atoms with Gasteiger partial charge in [-0.3, -0.25) is 0 Å². The summed E-state index contributed by atoms with van der Waals surface area (Å²) in [6.07, 6.45) is 0. The second-order valence-electron chi connectivity index (χ2n) is 7.66. The molecule has 0 saturated heterocycles. The van der Waals surface area contributed by atoms with Gasteiger partial charge in [0.25, 0.3) is 0 Å². The quantitative estimate of drug-likeness (QED) is 0.274. The number of thiophene rings is 2. The van der Waals surface area contributed by atoms with Crippen LogP contribution in [0.4, 0.5) is 10.0 Å². The Bertz CT molecular complexity index is 1570. The molecular formula is C23H10N8S4. The molecule has 0 bridgehead atoms. The normalized spacial score (nSPS) is 12.4. The standard InChI is InChI=1S/C23H10N8S4/c1-23(2)19-17(34-21(30-19)13-3-5-15(32-13)28-11(7-24)8-25)18-20(23)31-22(35-18)14-4-6-16(33-14)29-12(9-26)10-27/h3-6H,1-2H3. The summed E-state index contributed by atoms with van der Waals surface area (Å²) in [4.78, 5) is 22.0. The van der Waals surface area contributed by atoms with Gasteiger partial charge < -0.3 is 0 Å². The van der Waals surface area contributed by atoms with E-state index in [-0.39, 0.29) is 16.8 Å². The molecule has 1 aliphatic carbocycles. The third kappa shape index (κ3) is 3.85. The van der Waals surface area contributed by atoms with Crippen molar-refractivity contribution in [3.8, 4) is 53.8 Å². The van der Waals surface area contributed by atoms with E-state index in [1.54, 1.807) is 59.1 Å². The van der Waals surface area contributed by atoms with E-state index in [2.05, 4.69) is 23.8 Å². The van der Waals surface area contributed by atoms with E-state index in [1.807, 2.05) is 12.1 Å². The minimum absolute atomic E-state index is 0.179. The van der Waals surface area contributed by atoms with E-state index >= 15 is 0 Å². The van der Waals surface area contributed by atoms with Crippen molar-refractivity contribution in [2.24, 2.45) is 9.98 Å². The molecule has 0 saturated carbocycles. The Kier molecular flexibility index (Phi) is 5.61. The van der Waals surface area contributed by atoms with Crippen molar-refractivity contribution in [1.29, 1.82) is 21.0 Å². The molecule has 35 heavy (non-hydrogen) atoms. The lowest BCUT2D eigenvalue weighted by Gasteiger charge is -2.16. The Hall–Kier alpha value is -4.04. The van der Waals surface area contributed by atoms with Crippen LogP contribution >= 0.6 is 45.3 Å². The highest BCUT2D eigenvalue weighted by Crippen LogP contribution is 2.56. The van der Waals surface area contributed by atoms with Gasteiger partial charge in [0.2, 0.25) is 11.4 Å². The van der Waals surface area contributed by atoms with Crippen molar-refractivity contribution in [3.05, 3.63) is 35.7 Å². The first-order chi connectivity index (χ1) is 16.9. The van der Waals surface area contributed by atoms with Crippen molar-refractivity contribution in [3.63, 3.8) is 0 Å². The minimum Gasteiger partial charge on any atom is -0.239 e. The molecule has 12 heteroatoms. The lowest BCUT2D eigenvalue weighted by atomic mass is 9.90. The number of rotatable bonds is 4. The summed E-state index contributed by atoms with van der Waals surface area (Å²) in [6.45, 7) is 4.22. The first-order valence-corrected chi connectivity index (χ1v) is 13.2. The number of nitrogens with zero attached hydrogens (tertiary/aromatic N) is 8. The number of aliphatic imine (C=N–C) groups is 2. The van der Waals surface area contributed by atoms with Crippen LogP contribution < -0.4 is 0 Å². The fraction of sp³-hybridized carbons (Fsp3) is 0.130. The number of fused-ring (bicyclic) bond motifs is 3. The zero-order valence-electron chi connectivity index (χ0n) is 18.0. The third-order valence-corrected chi connectivity index (χ3v) is 9.69. The summed E-state index contributed by atoms with van der Waals surface area (Å²) >= 11 is 5.96. The Morgan fingerprint density at radius 1 is 0.686 bits per heavy atom. The maximum Gasteiger partial charge on any atom is 0.219 e. The highest BCUT2D eigenvalue weighted by Gasteiger charge is 2.43. The van der Waals surface area contributed by atoms with Gasteiger partial charge in [-0.1, -0.05) is 0 Å². The van der Waals surface area contributed by atoms with Crippen molar-refractivity contribution in [2.45, 2.75) is 19.3 Å². The molecule has 0 radical (unpaired) electrons. The van der Waals surface area contributed by atoms with Crippen LogP contribution in [0.3, 0.4) is 0 Å². The van der Waals surface area contributed by atoms with E-state index < -0.39 is 0 Å². The van der Waals surface area contributed by atoms with Crippen LogP contribution in [0.25, 0.3) is 29.5 Å². The molecule has 0 atom stereocenters. The number of hydrogen-bond donors (Lipinski definition) is 0. The average molecular weight is 527 g/mol. The fourth-order valence-corrected chi connectivity index (χ4v) is 7.95. The smallest absolute Gasteiger partial charge is 0.219 e. The minimum atomic E-state index is -0.367. The van der Waals surface area contributed by atoms with Crippen molar-refractivity contribution in [1.82, 2.24) is 9.97 Å². The Balaban J connectivity index is 1.51. The average Bonchev–Trinajstić information content (AvgIpc) is 3.66. The Morgan fingerprint density at radius 2 is 1.09 bits per heavy atom. The Labute approximate surface area is 215 Å². The largest absolute Gasteiger partial charge is 0.239 e. The second kappa shape index (κ2) is 8.63. The zero-order chi connectivity index (χ0) is 24.7. The lowest BCUT2D eigenvalue weighted by Crippen LogP contribution is -2.16. The highest BCUT2D eigenvalue weighted by atomic mass is 32.1. The summed E-state index contributed by atoms with van der Waals surface area (Å²) < 4.78 is 0. The molecule has 0 fully saturated rings. The van der Waals surface area contributed by atoms with Crippen LogP contribution in [-0.4, -0.2) is 21.4 Å². The number of aromatic nitrogens is 2. The van der Waals surface area contributed by atoms with Crippen molar-refractivity contribution in [2.75, 3.05) is 0 Å². The fourth-order valence-electron chi connectivity index (χ4n) is 3.49. The number of hydrogen-bond acceptors (Lipinski definition) is 12. The van der Waals surface area contributed by atoms with Gasteiger partial charge in [0, 0.05) is 0 Å². The van der Waals surface area contributed by atoms with Gasteiger partial charge >= 0.3 is 0 Å². The molecule has 1 aliphatic rings. The summed E-state index contributed by atoms with van der Waals surface area (Å²) in [5.41, 5.74) is 1.24. The van der Waals surface area contributed by atoms with Crippen LogP contribution in [0.5, 0.6) is 0 Å². The van der Waals surface area contributed by atoms with E-state index in [1.165, 1.54) is 22.7 Å². The third-order valence-electron chi connectivity index (χ3n) is 5.12. The van der Waals surface area contributed by atoms with Gasteiger partial charge in [0.05, 0.1) is 36.3 Å². The van der Waals surface area contributed by atoms with Gasteiger partial charge in [-0.2, -0.15) is 21.0 Å². The molecule has 166 valence electrons. The van der Waals surface area contributed by atoms with Gasteiger partial charge in [-0.05, 0) is 38.1 Å². The molecule has 0 N–H and O–H groups in total. The molecular weight excluding hydrogens is 517 g/mol. The summed E-state index contributed by atoms with van der Waals surface area (Å²) in [5.74, 6) is 0. The zero-order valence-corrected chi connectivity index (χ0v) is 21.3. The van der Waals surface area contributed by atoms with Crippen LogP contribution in [0.15, 0.2) is 34.3 Å². The molecule has 0 aromatic carbocycles. The van der Waals surface area contributed by atoms with Crippen LogP contribution in [0.2, 0.25) is 0 Å². The molecule has 0 spiro atoms. The van der Waals surface area contributed by atoms with Crippen molar-refractivity contribution < 1.29 is 0 Å².